The Morgan fingerprint density at radius 3 is 2.55 bits per heavy atom. The molecule has 0 unspecified atom stereocenters. The highest BCUT2D eigenvalue weighted by Gasteiger charge is 2.30. The number of amides is 1. The molecule has 1 aliphatic rings. The quantitative estimate of drug-likeness (QED) is 0.472. The van der Waals surface area contributed by atoms with Crippen molar-refractivity contribution in [3.05, 3.63) is 46.8 Å². The van der Waals surface area contributed by atoms with E-state index in [0.29, 0.717) is 35.3 Å². The van der Waals surface area contributed by atoms with Gasteiger partial charge in [0.25, 0.3) is 5.91 Å². The fourth-order valence-corrected chi connectivity index (χ4v) is 5.81. The van der Waals surface area contributed by atoms with Gasteiger partial charge in [0.05, 0.1) is 22.3 Å². The Labute approximate surface area is 182 Å². The topological polar surface area (TPSA) is 115 Å². The van der Waals surface area contributed by atoms with Crippen LogP contribution in [0.1, 0.15) is 57.8 Å². The van der Waals surface area contributed by atoms with Gasteiger partial charge in [-0.25, -0.2) is 13.2 Å². The third-order valence-electron chi connectivity index (χ3n) is 5.55. The van der Waals surface area contributed by atoms with E-state index in [1.807, 2.05) is 0 Å². The second-order valence-electron chi connectivity index (χ2n) is 7.69. The molecule has 1 aromatic carbocycles. The number of anilines is 1. The maximum atomic E-state index is 12.8. The van der Waals surface area contributed by atoms with Gasteiger partial charge in [-0.15, -0.1) is 0 Å². The Balaban J connectivity index is 1.78. The highest BCUT2D eigenvalue weighted by molar-refractivity contribution is 7.92. The number of hydrogen-bond donors (Lipinski definition) is 2. The van der Waals surface area contributed by atoms with Crippen molar-refractivity contribution in [3.8, 4) is 0 Å². The summed E-state index contributed by atoms with van der Waals surface area (Å²) in [5.41, 5.74) is 1.88. The summed E-state index contributed by atoms with van der Waals surface area (Å²) in [5, 5.41) is 2.36. The second kappa shape index (κ2) is 9.65. The fraction of sp³-hybridized carbons (Fsp3) is 0.455. The van der Waals surface area contributed by atoms with Gasteiger partial charge in [-0.05, 0) is 50.5 Å². The molecule has 0 saturated heterocycles. The van der Waals surface area contributed by atoms with Crippen LogP contribution in [-0.2, 0) is 19.3 Å². The molecule has 2 N–H and O–H groups in total. The first-order valence-corrected chi connectivity index (χ1v) is 11.8. The van der Waals surface area contributed by atoms with Crippen molar-refractivity contribution in [1.82, 2.24) is 4.98 Å². The minimum atomic E-state index is -3.43. The zero-order valence-electron chi connectivity index (χ0n) is 18.0. The maximum Gasteiger partial charge on any atom is 0.340 e. The number of esters is 1. The molecule has 0 spiro atoms. The minimum absolute atomic E-state index is 0.114. The number of aromatic nitrogens is 1. The summed E-state index contributed by atoms with van der Waals surface area (Å²) in [5.74, 6) is -1.00. The Kier molecular flexibility index (Phi) is 7.17. The van der Waals surface area contributed by atoms with E-state index >= 15 is 0 Å². The molecule has 1 aliphatic carbocycles. The van der Waals surface area contributed by atoms with Gasteiger partial charge < -0.3 is 19.8 Å². The molecule has 0 bridgehead atoms. The third kappa shape index (κ3) is 4.99. The van der Waals surface area contributed by atoms with Crippen LogP contribution < -0.4 is 5.32 Å². The number of sulfone groups is 1. The smallest absolute Gasteiger partial charge is 0.340 e. The van der Waals surface area contributed by atoms with Gasteiger partial charge in [0, 0.05) is 18.5 Å². The number of carbonyl (C=O) groups is 2. The lowest BCUT2D eigenvalue weighted by Gasteiger charge is -2.12. The van der Waals surface area contributed by atoms with Gasteiger partial charge in [-0.1, -0.05) is 18.9 Å². The van der Waals surface area contributed by atoms with Crippen molar-refractivity contribution < 1.29 is 27.5 Å². The predicted molar refractivity (Wildman–Crippen MR) is 116 cm³/mol. The number of ether oxygens (including phenoxy) is 2. The number of aromatic amines is 1. The summed E-state index contributed by atoms with van der Waals surface area (Å²) in [6.45, 7) is 3.74. The molecule has 8 nitrogen and oxygen atoms in total. The zero-order valence-corrected chi connectivity index (χ0v) is 18.8. The van der Waals surface area contributed by atoms with E-state index in [4.69, 9.17) is 9.47 Å². The molecule has 31 heavy (non-hydrogen) atoms. The van der Waals surface area contributed by atoms with Gasteiger partial charge in [-0.2, -0.15) is 0 Å². The van der Waals surface area contributed by atoms with Crippen molar-refractivity contribution in [2.75, 3.05) is 25.6 Å². The molecule has 1 amide bonds. The molecule has 2 aromatic rings. The number of H-pyrrole nitrogens is 1. The molecule has 0 atom stereocenters. The molecule has 1 aromatic heterocycles. The summed E-state index contributed by atoms with van der Waals surface area (Å²) in [6, 6.07) is 6.29. The number of aryl methyl sites for hydroxylation is 1. The lowest BCUT2D eigenvalue weighted by Crippen LogP contribution is -2.18. The van der Waals surface area contributed by atoms with Gasteiger partial charge in [-0.3, -0.25) is 4.79 Å². The summed E-state index contributed by atoms with van der Waals surface area (Å²) in [4.78, 5) is 28.3. The molecule has 3 rings (SSSR count). The monoisotopic (exact) mass is 448 g/mol. The maximum absolute atomic E-state index is 12.8. The van der Waals surface area contributed by atoms with Crippen LogP contribution in [-0.4, -0.2) is 50.9 Å². The van der Waals surface area contributed by atoms with Crippen LogP contribution in [0.5, 0.6) is 0 Å². The standard InChI is InChI=1S/C22H28N2O6S/c1-14-19(22(26)30-12-11-29-3)15(2)23-20(14)21(25)24-16-7-6-10-18(13-16)31(27,28)17-8-4-5-9-17/h6-7,10,13,17,23H,4-5,8-9,11-12H2,1-3H3,(H,24,25). The van der Waals surface area contributed by atoms with Crippen LogP contribution >= 0.6 is 0 Å². The molecule has 168 valence electrons. The molecule has 0 radical (unpaired) electrons. The van der Waals surface area contributed by atoms with Crippen LogP contribution in [0.4, 0.5) is 5.69 Å². The van der Waals surface area contributed by atoms with Gasteiger partial charge in [0.2, 0.25) is 0 Å². The zero-order chi connectivity index (χ0) is 22.6. The third-order valence-corrected chi connectivity index (χ3v) is 7.81. The van der Waals surface area contributed by atoms with E-state index in [9.17, 15) is 18.0 Å². The van der Waals surface area contributed by atoms with E-state index in [2.05, 4.69) is 10.3 Å². The van der Waals surface area contributed by atoms with E-state index in [1.165, 1.54) is 13.2 Å². The highest BCUT2D eigenvalue weighted by atomic mass is 32.2. The Hall–Kier alpha value is -2.65. The predicted octanol–water partition coefficient (Wildman–Crippen LogP) is 3.40. The second-order valence-corrected chi connectivity index (χ2v) is 9.92. The Morgan fingerprint density at radius 1 is 1.16 bits per heavy atom. The lowest BCUT2D eigenvalue weighted by atomic mass is 10.1. The summed E-state index contributed by atoms with van der Waals surface area (Å²) in [6.07, 6.45) is 3.18. The van der Waals surface area contributed by atoms with Crippen LogP contribution in [0, 0.1) is 13.8 Å². The van der Waals surface area contributed by atoms with Gasteiger partial charge in [0.15, 0.2) is 9.84 Å². The van der Waals surface area contributed by atoms with Crippen LogP contribution in [0.15, 0.2) is 29.2 Å². The summed E-state index contributed by atoms with van der Waals surface area (Å²) in [7, 11) is -1.91. The Morgan fingerprint density at radius 2 is 1.87 bits per heavy atom. The largest absolute Gasteiger partial charge is 0.460 e. The van der Waals surface area contributed by atoms with E-state index in [1.54, 1.807) is 32.0 Å². The molecule has 1 heterocycles. The molecular formula is C22H28N2O6S. The number of nitrogens with one attached hydrogen (secondary N) is 2. The number of benzene rings is 1. The van der Waals surface area contributed by atoms with Crippen molar-refractivity contribution in [2.24, 2.45) is 0 Å². The van der Waals surface area contributed by atoms with E-state index in [-0.39, 0.29) is 29.1 Å². The van der Waals surface area contributed by atoms with E-state index < -0.39 is 21.7 Å². The van der Waals surface area contributed by atoms with Crippen molar-refractivity contribution in [1.29, 1.82) is 0 Å². The average Bonchev–Trinajstić information content (AvgIpc) is 3.37. The van der Waals surface area contributed by atoms with Gasteiger partial charge >= 0.3 is 5.97 Å². The van der Waals surface area contributed by atoms with Crippen molar-refractivity contribution in [3.63, 3.8) is 0 Å². The number of carbonyl (C=O) groups excluding carboxylic acids is 2. The normalized spacial score (nSPS) is 14.5. The van der Waals surface area contributed by atoms with Gasteiger partial charge in [0.1, 0.15) is 12.3 Å². The van der Waals surface area contributed by atoms with Crippen LogP contribution in [0.3, 0.4) is 0 Å². The summed E-state index contributed by atoms with van der Waals surface area (Å²) >= 11 is 0. The highest BCUT2D eigenvalue weighted by Crippen LogP contribution is 2.30. The molecule has 9 heteroatoms. The first-order chi connectivity index (χ1) is 14.8. The first kappa shape index (κ1) is 23.0. The molecule has 1 fully saturated rings. The van der Waals surface area contributed by atoms with E-state index in [0.717, 1.165) is 12.8 Å². The number of methoxy groups -OCH3 is 1. The SMILES string of the molecule is COCCOC(=O)c1c(C)[nH]c(C(=O)Nc2cccc(S(=O)(=O)C3CCCC3)c2)c1C. The number of hydrogen-bond acceptors (Lipinski definition) is 6. The fourth-order valence-electron chi connectivity index (χ4n) is 3.91. The Bertz CT molecular complexity index is 1070. The minimum Gasteiger partial charge on any atom is -0.460 e. The lowest BCUT2D eigenvalue weighted by molar-refractivity contribution is 0.0386. The molecular weight excluding hydrogens is 420 g/mol. The van der Waals surface area contributed by atoms with Crippen LogP contribution in [0.2, 0.25) is 0 Å². The summed E-state index contributed by atoms with van der Waals surface area (Å²) < 4.78 is 35.7. The average molecular weight is 449 g/mol. The first-order valence-electron chi connectivity index (χ1n) is 10.3. The van der Waals surface area contributed by atoms with Crippen molar-refractivity contribution in [2.45, 2.75) is 49.7 Å². The van der Waals surface area contributed by atoms with Crippen LogP contribution in [0.25, 0.3) is 0 Å². The molecule has 0 aliphatic heterocycles. The number of rotatable bonds is 8. The van der Waals surface area contributed by atoms with Crippen molar-refractivity contribution >= 4 is 27.4 Å². The molecule has 1 saturated carbocycles.